The maximum atomic E-state index is 13.8. The molecule has 1 amide bonds. The molecule has 0 bridgehead atoms. The van der Waals surface area contributed by atoms with Gasteiger partial charge in [-0.2, -0.15) is 0 Å². The van der Waals surface area contributed by atoms with E-state index in [9.17, 15) is 9.18 Å². The zero-order valence-electron chi connectivity index (χ0n) is 11.2. The van der Waals surface area contributed by atoms with Crippen molar-refractivity contribution < 1.29 is 9.18 Å². The second-order valence-corrected chi connectivity index (χ2v) is 5.85. The zero-order valence-corrected chi connectivity index (χ0v) is 12.8. The average molecular weight is 349 g/mol. The fourth-order valence-electron chi connectivity index (χ4n) is 2.47. The molecule has 0 spiro atoms. The number of anilines is 1. The van der Waals surface area contributed by atoms with Gasteiger partial charge in [-0.3, -0.25) is 4.79 Å². The number of para-hydroxylation sites is 1. The van der Waals surface area contributed by atoms with E-state index >= 15 is 0 Å². The topological polar surface area (TPSA) is 41.1 Å². The summed E-state index contributed by atoms with van der Waals surface area (Å²) in [5, 5.41) is 5.84. The molecule has 1 atom stereocenters. The molecule has 1 heterocycles. The largest absolute Gasteiger partial charge is 0.321 e. The molecule has 108 valence electrons. The van der Waals surface area contributed by atoms with Crippen molar-refractivity contribution in [1.29, 1.82) is 0 Å². The van der Waals surface area contributed by atoms with Crippen molar-refractivity contribution in [3.8, 4) is 0 Å². The first-order valence-electron chi connectivity index (χ1n) is 6.70. The second kappa shape index (κ2) is 5.95. The Labute approximate surface area is 130 Å². The van der Waals surface area contributed by atoms with Crippen LogP contribution >= 0.6 is 15.9 Å². The number of fused-ring (bicyclic) bond motifs is 1. The minimum atomic E-state index is -0.450. The minimum absolute atomic E-state index is 0.183. The number of nitrogens with one attached hydrogen (secondary N) is 2. The van der Waals surface area contributed by atoms with E-state index in [4.69, 9.17) is 0 Å². The van der Waals surface area contributed by atoms with Crippen LogP contribution in [0.25, 0.3) is 0 Å². The van der Waals surface area contributed by atoms with Crippen molar-refractivity contribution in [3.05, 3.63) is 63.9 Å². The van der Waals surface area contributed by atoms with Gasteiger partial charge in [0.2, 0.25) is 5.91 Å². The van der Waals surface area contributed by atoms with E-state index in [1.165, 1.54) is 11.6 Å². The molecular weight excluding hydrogens is 335 g/mol. The summed E-state index contributed by atoms with van der Waals surface area (Å²) in [5.74, 6) is -0.677. The molecule has 1 aliphatic rings. The smallest absolute Gasteiger partial charge is 0.241 e. The Hall–Kier alpha value is -1.72. The van der Waals surface area contributed by atoms with Crippen LogP contribution in [0.15, 0.2) is 46.9 Å². The van der Waals surface area contributed by atoms with Gasteiger partial charge in [-0.25, -0.2) is 4.39 Å². The van der Waals surface area contributed by atoms with Gasteiger partial charge in [0.15, 0.2) is 0 Å². The van der Waals surface area contributed by atoms with E-state index in [1.807, 2.05) is 24.3 Å². The fraction of sp³-hybridized carbons (Fsp3) is 0.188. The van der Waals surface area contributed by atoms with Crippen molar-refractivity contribution in [2.45, 2.75) is 19.0 Å². The van der Waals surface area contributed by atoms with Gasteiger partial charge in [-0.05, 0) is 45.6 Å². The van der Waals surface area contributed by atoms with Gasteiger partial charge in [0.25, 0.3) is 0 Å². The van der Waals surface area contributed by atoms with Gasteiger partial charge in [-0.1, -0.05) is 30.3 Å². The van der Waals surface area contributed by atoms with Crippen LogP contribution in [0.5, 0.6) is 0 Å². The molecule has 2 aromatic carbocycles. The van der Waals surface area contributed by atoms with Crippen molar-refractivity contribution in [3.63, 3.8) is 0 Å². The lowest BCUT2D eigenvalue weighted by atomic mass is 9.95. The molecule has 2 aromatic rings. The number of hydrogen-bond donors (Lipinski definition) is 2. The predicted octanol–water partition coefficient (Wildman–Crippen LogP) is 3.24. The molecule has 3 rings (SSSR count). The third-order valence-electron chi connectivity index (χ3n) is 3.61. The number of halogens is 2. The molecule has 0 saturated carbocycles. The lowest BCUT2D eigenvalue weighted by Crippen LogP contribution is -2.44. The molecule has 0 fully saturated rings. The predicted molar refractivity (Wildman–Crippen MR) is 83.5 cm³/mol. The van der Waals surface area contributed by atoms with Crippen LogP contribution in [0.1, 0.15) is 11.1 Å². The van der Waals surface area contributed by atoms with Gasteiger partial charge in [0.05, 0.1) is 11.7 Å². The highest BCUT2D eigenvalue weighted by molar-refractivity contribution is 9.10. The summed E-state index contributed by atoms with van der Waals surface area (Å²) in [6.45, 7) is 0.646. The first kappa shape index (κ1) is 14.2. The number of rotatable bonds is 2. The van der Waals surface area contributed by atoms with Crippen molar-refractivity contribution in [2.75, 3.05) is 5.32 Å². The summed E-state index contributed by atoms with van der Waals surface area (Å²) in [6, 6.07) is 12.3. The van der Waals surface area contributed by atoms with E-state index in [1.54, 1.807) is 12.1 Å². The van der Waals surface area contributed by atoms with Crippen LogP contribution in [-0.4, -0.2) is 11.9 Å². The molecule has 0 radical (unpaired) electrons. The highest BCUT2D eigenvalue weighted by atomic mass is 79.9. The van der Waals surface area contributed by atoms with Crippen LogP contribution in [0.3, 0.4) is 0 Å². The molecule has 1 aliphatic heterocycles. The number of carbonyl (C=O) groups excluding carboxylic acids is 1. The molecule has 2 N–H and O–H groups in total. The summed E-state index contributed by atoms with van der Waals surface area (Å²) < 4.78 is 14.3. The van der Waals surface area contributed by atoms with E-state index in [2.05, 4.69) is 26.6 Å². The molecule has 0 unspecified atom stereocenters. The van der Waals surface area contributed by atoms with Crippen LogP contribution in [0.2, 0.25) is 0 Å². The quantitative estimate of drug-likeness (QED) is 0.874. The standard InChI is InChI=1S/C16H14BrFN2O/c17-12-6-3-7-13(18)15(12)20-16(21)14-8-10-4-1-2-5-11(10)9-19-14/h1-7,14,19H,8-9H2,(H,20,21)/t14-/m0/s1. The minimum Gasteiger partial charge on any atom is -0.321 e. The Bertz CT molecular complexity index is 669. The van der Waals surface area contributed by atoms with Crippen LogP contribution in [-0.2, 0) is 17.8 Å². The molecule has 0 aromatic heterocycles. The zero-order chi connectivity index (χ0) is 14.8. The highest BCUT2D eigenvalue weighted by Gasteiger charge is 2.24. The fourth-order valence-corrected chi connectivity index (χ4v) is 2.91. The normalized spacial score (nSPS) is 17.1. The van der Waals surface area contributed by atoms with Crippen LogP contribution in [0, 0.1) is 5.82 Å². The Morgan fingerprint density at radius 3 is 2.71 bits per heavy atom. The summed E-state index contributed by atoms with van der Waals surface area (Å²) in [5.41, 5.74) is 2.54. The number of hydrogen-bond acceptors (Lipinski definition) is 2. The molecule has 0 aliphatic carbocycles. The highest BCUT2D eigenvalue weighted by Crippen LogP contribution is 2.26. The second-order valence-electron chi connectivity index (χ2n) is 4.99. The lowest BCUT2D eigenvalue weighted by molar-refractivity contribution is -0.118. The van der Waals surface area contributed by atoms with E-state index in [0.717, 1.165) is 5.56 Å². The Kier molecular flexibility index (Phi) is 4.03. The first-order valence-corrected chi connectivity index (χ1v) is 7.49. The monoisotopic (exact) mass is 348 g/mol. The summed E-state index contributed by atoms with van der Waals surface area (Å²) in [6.07, 6.45) is 0.605. The number of carbonyl (C=O) groups is 1. The maximum absolute atomic E-state index is 13.8. The van der Waals surface area contributed by atoms with E-state index in [-0.39, 0.29) is 17.6 Å². The number of amides is 1. The van der Waals surface area contributed by atoms with E-state index < -0.39 is 5.82 Å². The van der Waals surface area contributed by atoms with Gasteiger partial charge < -0.3 is 10.6 Å². The van der Waals surface area contributed by atoms with Crippen LogP contribution < -0.4 is 10.6 Å². The Balaban J connectivity index is 1.76. The SMILES string of the molecule is O=C(Nc1c(F)cccc1Br)[C@@H]1Cc2ccccc2CN1. The third-order valence-corrected chi connectivity index (χ3v) is 4.27. The maximum Gasteiger partial charge on any atom is 0.241 e. The van der Waals surface area contributed by atoms with E-state index in [0.29, 0.717) is 17.4 Å². The Morgan fingerprint density at radius 2 is 1.95 bits per heavy atom. The number of benzene rings is 2. The molecule has 5 heteroatoms. The average Bonchev–Trinajstić information content (AvgIpc) is 2.50. The lowest BCUT2D eigenvalue weighted by Gasteiger charge is -2.25. The third kappa shape index (κ3) is 2.99. The van der Waals surface area contributed by atoms with Crippen LogP contribution in [0.4, 0.5) is 10.1 Å². The molecule has 3 nitrogen and oxygen atoms in total. The van der Waals surface area contributed by atoms with Crippen molar-refractivity contribution in [2.24, 2.45) is 0 Å². The molecular formula is C16H14BrFN2O. The summed E-state index contributed by atoms with van der Waals surface area (Å²) in [4.78, 5) is 12.3. The summed E-state index contributed by atoms with van der Waals surface area (Å²) in [7, 11) is 0. The van der Waals surface area contributed by atoms with Gasteiger partial charge in [0, 0.05) is 11.0 Å². The molecule has 21 heavy (non-hydrogen) atoms. The Morgan fingerprint density at radius 1 is 1.19 bits per heavy atom. The van der Waals surface area contributed by atoms with Gasteiger partial charge in [-0.15, -0.1) is 0 Å². The first-order chi connectivity index (χ1) is 10.1. The van der Waals surface area contributed by atoms with Gasteiger partial charge >= 0.3 is 0 Å². The van der Waals surface area contributed by atoms with Crippen molar-refractivity contribution in [1.82, 2.24) is 5.32 Å². The van der Waals surface area contributed by atoms with Crippen molar-refractivity contribution >= 4 is 27.5 Å². The molecule has 0 saturated heterocycles. The summed E-state index contributed by atoms with van der Waals surface area (Å²) >= 11 is 3.25. The van der Waals surface area contributed by atoms with Gasteiger partial charge in [0.1, 0.15) is 5.82 Å².